The molecule has 0 radical (unpaired) electrons. The molecule has 118 valence electrons. The normalized spacial score (nSPS) is 10.7. The van der Waals surface area contributed by atoms with Gasteiger partial charge in [-0.05, 0) is 35.9 Å². The second-order valence-electron chi connectivity index (χ2n) is 4.41. The summed E-state index contributed by atoms with van der Waals surface area (Å²) >= 11 is 17.5. The fourth-order valence-electron chi connectivity index (χ4n) is 1.72. The first-order chi connectivity index (χ1) is 10.9. The van der Waals surface area contributed by atoms with E-state index in [9.17, 15) is 14.9 Å². The molecule has 0 aliphatic carbocycles. The number of hydrogen-bond donors (Lipinski definition) is 1. The van der Waals surface area contributed by atoms with Gasteiger partial charge in [-0.15, -0.1) is 0 Å². The van der Waals surface area contributed by atoms with Gasteiger partial charge in [0.25, 0.3) is 5.69 Å². The number of carbonyl (C=O) groups is 1. The second kappa shape index (κ2) is 7.46. The first kappa shape index (κ1) is 17.3. The number of halogens is 3. The fourth-order valence-corrected chi connectivity index (χ4v) is 2.37. The molecule has 0 saturated heterocycles. The average Bonchev–Trinajstić information content (AvgIpc) is 2.48. The Labute approximate surface area is 146 Å². The van der Waals surface area contributed by atoms with Crippen LogP contribution in [0.4, 0.5) is 11.4 Å². The molecule has 23 heavy (non-hydrogen) atoms. The Bertz CT molecular complexity index is 807. The molecule has 1 amide bonds. The van der Waals surface area contributed by atoms with E-state index in [2.05, 4.69) is 5.32 Å². The van der Waals surface area contributed by atoms with Gasteiger partial charge >= 0.3 is 0 Å². The number of carbonyl (C=O) groups excluding carboxylic acids is 1. The Kier molecular flexibility index (Phi) is 5.60. The van der Waals surface area contributed by atoms with Gasteiger partial charge in [0.2, 0.25) is 5.91 Å². The van der Waals surface area contributed by atoms with Gasteiger partial charge < -0.3 is 5.32 Å². The Morgan fingerprint density at radius 3 is 2.48 bits per heavy atom. The van der Waals surface area contributed by atoms with Crippen LogP contribution in [0.15, 0.2) is 42.5 Å². The summed E-state index contributed by atoms with van der Waals surface area (Å²) in [4.78, 5) is 22.0. The quantitative estimate of drug-likeness (QED) is 0.456. The van der Waals surface area contributed by atoms with Gasteiger partial charge in [-0.25, -0.2) is 0 Å². The molecule has 0 bridgehead atoms. The molecule has 5 nitrogen and oxygen atoms in total. The maximum Gasteiger partial charge on any atom is 0.289 e. The largest absolute Gasteiger partial charge is 0.322 e. The first-order valence-corrected chi connectivity index (χ1v) is 7.38. The Balaban J connectivity index is 2.12. The number of nitro groups is 1. The van der Waals surface area contributed by atoms with Crippen molar-refractivity contribution in [3.63, 3.8) is 0 Å². The summed E-state index contributed by atoms with van der Waals surface area (Å²) in [5, 5.41) is 14.2. The minimum atomic E-state index is -0.624. The van der Waals surface area contributed by atoms with Crippen LogP contribution in [0.3, 0.4) is 0 Å². The van der Waals surface area contributed by atoms with E-state index >= 15 is 0 Å². The summed E-state index contributed by atoms with van der Waals surface area (Å²) in [6, 6.07) is 8.87. The number of nitrogens with one attached hydrogen (secondary N) is 1. The maximum absolute atomic E-state index is 11.9. The zero-order chi connectivity index (χ0) is 17.0. The predicted octanol–water partition coefficient (Wildman–Crippen LogP) is 5.21. The molecule has 2 aromatic rings. The van der Waals surface area contributed by atoms with Crippen LogP contribution in [-0.2, 0) is 4.79 Å². The van der Waals surface area contributed by atoms with Crippen LogP contribution in [0, 0.1) is 10.1 Å². The van der Waals surface area contributed by atoms with E-state index in [-0.39, 0.29) is 16.4 Å². The molecule has 0 aromatic heterocycles. The standard InChI is InChI=1S/C15H9Cl3N2O3/c16-10-3-1-9(13(18)7-10)2-6-15(21)19-11-4-5-12(17)14(8-11)20(22)23/h1-8H,(H,19,21)/b6-2+. The summed E-state index contributed by atoms with van der Waals surface area (Å²) in [5.41, 5.74) is 0.598. The van der Waals surface area contributed by atoms with Crippen LogP contribution < -0.4 is 5.32 Å². The highest BCUT2D eigenvalue weighted by atomic mass is 35.5. The van der Waals surface area contributed by atoms with Gasteiger partial charge in [0.05, 0.1) is 4.92 Å². The molecule has 0 atom stereocenters. The molecule has 2 aromatic carbocycles. The summed E-state index contributed by atoms with van der Waals surface area (Å²) in [5.74, 6) is -0.465. The van der Waals surface area contributed by atoms with E-state index in [1.54, 1.807) is 18.2 Å². The Hall–Kier alpha value is -2.08. The van der Waals surface area contributed by atoms with Crippen LogP contribution in [0.1, 0.15) is 5.56 Å². The number of nitrogens with zero attached hydrogens (tertiary/aromatic N) is 1. The number of rotatable bonds is 4. The number of nitro benzene ring substituents is 1. The van der Waals surface area contributed by atoms with Crippen LogP contribution in [-0.4, -0.2) is 10.8 Å². The van der Waals surface area contributed by atoms with Crippen LogP contribution in [0.2, 0.25) is 15.1 Å². The van der Waals surface area contributed by atoms with Gasteiger partial charge in [-0.3, -0.25) is 14.9 Å². The SMILES string of the molecule is O=C(/C=C/c1ccc(Cl)cc1Cl)Nc1ccc(Cl)c([N+](=O)[O-])c1. The summed E-state index contributed by atoms with van der Waals surface area (Å²) in [6.45, 7) is 0. The topological polar surface area (TPSA) is 72.2 Å². The Morgan fingerprint density at radius 2 is 1.83 bits per heavy atom. The van der Waals surface area contributed by atoms with Gasteiger partial charge in [-0.2, -0.15) is 0 Å². The zero-order valence-corrected chi connectivity index (χ0v) is 13.7. The van der Waals surface area contributed by atoms with Gasteiger partial charge in [-0.1, -0.05) is 40.9 Å². The summed E-state index contributed by atoms with van der Waals surface area (Å²) < 4.78 is 0. The molecular weight excluding hydrogens is 363 g/mol. The lowest BCUT2D eigenvalue weighted by atomic mass is 10.2. The maximum atomic E-state index is 11.9. The average molecular weight is 372 g/mol. The third kappa shape index (κ3) is 4.69. The molecular formula is C15H9Cl3N2O3. The van der Waals surface area contributed by atoms with Crippen molar-refractivity contribution in [3.05, 3.63) is 73.2 Å². The summed E-state index contributed by atoms with van der Waals surface area (Å²) in [7, 11) is 0. The summed E-state index contributed by atoms with van der Waals surface area (Å²) in [6.07, 6.45) is 2.77. The molecule has 0 aliphatic rings. The van der Waals surface area contributed by atoms with Crippen molar-refractivity contribution in [1.82, 2.24) is 0 Å². The van der Waals surface area contributed by atoms with E-state index in [0.29, 0.717) is 15.6 Å². The molecule has 0 spiro atoms. The van der Waals surface area contributed by atoms with Crippen molar-refractivity contribution < 1.29 is 9.72 Å². The first-order valence-electron chi connectivity index (χ1n) is 6.25. The van der Waals surface area contributed by atoms with E-state index < -0.39 is 10.8 Å². The van der Waals surface area contributed by atoms with Crippen molar-refractivity contribution in [3.8, 4) is 0 Å². The van der Waals surface area contributed by atoms with E-state index in [4.69, 9.17) is 34.8 Å². The van der Waals surface area contributed by atoms with Crippen LogP contribution >= 0.6 is 34.8 Å². The zero-order valence-electron chi connectivity index (χ0n) is 11.4. The van der Waals surface area contributed by atoms with Crippen molar-refractivity contribution >= 4 is 58.2 Å². The third-order valence-corrected chi connectivity index (χ3v) is 3.67. The minimum absolute atomic E-state index is 0.00325. The van der Waals surface area contributed by atoms with Crippen molar-refractivity contribution in [2.45, 2.75) is 0 Å². The lowest BCUT2D eigenvalue weighted by molar-refractivity contribution is -0.384. The van der Waals surface area contributed by atoms with Gasteiger partial charge in [0, 0.05) is 27.9 Å². The highest BCUT2D eigenvalue weighted by Crippen LogP contribution is 2.27. The van der Waals surface area contributed by atoms with Crippen molar-refractivity contribution in [2.24, 2.45) is 0 Å². The smallest absolute Gasteiger partial charge is 0.289 e. The van der Waals surface area contributed by atoms with E-state index in [1.807, 2.05) is 0 Å². The highest BCUT2D eigenvalue weighted by Gasteiger charge is 2.13. The van der Waals surface area contributed by atoms with Crippen LogP contribution in [0.5, 0.6) is 0 Å². The molecule has 0 saturated carbocycles. The molecule has 0 unspecified atom stereocenters. The highest BCUT2D eigenvalue weighted by molar-refractivity contribution is 6.35. The van der Waals surface area contributed by atoms with E-state index in [0.717, 1.165) is 0 Å². The number of hydrogen-bond acceptors (Lipinski definition) is 3. The van der Waals surface area contributed by atoms with Crippen LogP contribution in [0.25, 0.3) is 6.08 Å². The monoisotopic (exact) mass is 370 g/mol. The second-order valence-corrected chi connectivity index (χ2v) is 5.66. The molecule has 1 N–H and O–H groups in total. The van der Waals surface area contributed by atoms with Crippen molar-refractivity contribution in [1.29, 1.82) is 0 Å². The lowest BCUT2D eigenvalue weighted by Gasteiger charge is -2.03. The van der Waals surface area contributed by atoms with Gasteiger partial charge in [0.15, 0.2) is 0 Å². The molecule has 0 aliphatic heterocycles. The minimum Gasteiger partial charge on any atom is -0.322 e. The lowest BCUT2D eigenvalue weighted by Crippen LogP contribution is -2.08. The molecule has 0 heterocycles. The molecule has 8 heteroatoms. The predicted molar refractivity (Wildman–Crippen MR) is 92.2 cm³/mol. The number of anilines is 1. The Morgan fingerprint density at radius 1 is 1.09 bits per heavy atom. The number of benzene rings is 2. The third-order valence-electron chi connectivity index (χ3n) is 2.79. The van der Waals surface area contributed by atoms with E-state index in [1.165, 1.54) is 30.4 Å². The molecule has 2 rings (SSSR count). The fraction of sp³-hybridized carbons (Fsp3) is 0. The molecule has 0 fully saturated rings. The van der Waals surface area contributed by atoms with Crippen molar-refractivity contribution in [2.75, 3.05) is 5.32 Å². The number of amides is 1. The van der Waals surface area contributed by atoms with Gasteiger partial charge in [0.1, 0.15) is 5.02 Å².